The summed E-state index contributed by atoms with van der Waals surface area (Å²) in [4.78, 5) is 12.3. The monoisotopic (exact) mass is 251 g/mol. The fourth-order valence-electron chi connectivity index (χ4n) is 2.13. The molecular formula is C17H17NO. The van der Waals surface area contributed by atoms with Crippen LogP contribution in [0.1, 0.15) is 27.0 Å². The lowest BCUT2D eigenvalue weighted by Crippen LogP contribution is -2.13. The lowest BCUT2D eigenvalue weighted by atomic mass is 10.1. The fourth-order valence-corrected chi connectivity index (χ4v) is 2.13. The van der Waals surface area contributed by atoms with Crippen LogP contribution in [0.4, 0.5) is 5.69 Å². The molecule has 0 aliphatic carbocycles. The molecule has 0 bridgehead atoms. The van der Waals surface area contributed by atoms with Gasteiger partial charge in [0.25, 0.3) is 5.91 Å². The van der Waals surface area contributed by atoms with Crippen LogP contribution in [0.3, 0.4) is 0 Å². The van der Waals surface area contributed by atoms with Gasteiger partial charge in [-0.1, -0.05) is 36.9 Å². The Morgan fingerprint density at radius 2 is 1.74 bits per heavy atom. The molecule has 1 N–H and O–H groups in total. The van der Waals surface area contributed by atoms with Crippen LogP contribution in [0.5, 0.6) is 0 Å². The molecule has 2 aromatic carbocycles. The number of nitrogens with one attached hydrogen (secondary N) is 1. The molecule has 2 rings (SSSR count). The summed E-state index contributed by atoms with van der Waals surface area (Å²) in [5, 5.41) is 2.93. The van der Waals surface area contributed by atoms with Gasteiger partial charge in [0.2, 0.25) is 0 Å². The van der Waals surface area contributed by atoms with Gasteiger partial charge in [0.1, 0.15) is 0 Å². The van der Waals surface area contributed by atoms with E-state index in [-0.39, 0.29) is 5.91 Å². The summed E-state index contributed by atoms with van der Waals surface area (Å²) in [5.74, 6) is -0.111. The Hall–Kier alpha value is -2.35. The molecule has 1 amide bonds. The van der Waals surface area contributed by atoms with Crippen molar-refractivity contribution >= 4 is 17.7 Å². The van der Waals surface area contributed by atoms with E-state index in [0.717, 1.165) is 22.4 Å². The molecule has 0 saturated carbocycles. The quantitative estimate of drug-likeness (QED) is 0.870. The highest BCUT2D eigenvalue weighted by molar-refractivity contribution is 6.06. The number of hydrogen-bond acceptors (Lipinski definition) is 1. The molecule has 96 valence electrons. The Balaban J connectivity index is 2.28. The van der Waals surface area contributed by atoms with Gasteiger partial charge in [0, 0.05) is 11.3 Å². The highest BCUT2D eigenvalue weighted by atomic mass is 16.1. The predicted molar refractivity (Wildman–Crippen MR) is 80.4 cm³/mol. The van der Waals surface area contributed by atoms with Crippen LogP contribution in [-0.4, -0.2) is 5.91 Å². The van der Waals surface area contributed by atoms with Gasteiger partial charge in [-0.25, -0.2) is 0 Å². The first-order valence-corrected chi connectivity index (χ1v) is 6.21. The van der Waals surface area contributed by atoms with Gasteiger partial charge in [0.05, 0.1) is 0 Å². The van der Waals surface area contributed by atoms with Crippen molar-refractivity contribution in [1.82, 2.24) is 0 Å². The Morgan fingerprint density at radius 3 is 2.37 bits per heavy atom. The number of carbonyl (C=O) groups is 1. The first-order valence-electron chi connectivity index (χ1n) is 6.21. The van der Waals surface area contributed by atoms with E-state index < -0.39 is 0 Å². The zero-order valence-electron chi connectivity index (χ0n) is 11.2. The molecule has 0 aliphatic heterocycles. The molecule has 2 nitrogen and oxygen atoms in total. The van der Waals surface area contributed by atoms with Crippen LogP contribution in [0.2, 0.25) is 0 Å². The second-order valence-corrected chi connectivity index (χ2v) is 4.62. The van der Waals surface area contributed by atoms with Gasteiger partial charge in [-0.2, -0.15) is 0 Å². The van der Waals surface area contributed by atoms with E-state index in [2.05, 4.69) is 18.0 Å². The third-order valence-corrected chi connectivity index (χ3v) is 2.90. The molecule has 2 aromatic rings. The Morgan fingerprint density at radius 1 is 1.11 bits per heavy atom. The van der Waals surface area contributed by atoms with Gasteiger partial charge in [0.15, 0.2) is 0 Å². The summed E-state index contributed by atoms with van der Waals surface area (Å²) < 4.78 is 0. The van der Waals surface area contributed by atoms with Crippen molar-refractivity contribution < 1.29 is 4.79 Å². The van der Waals surface area contributed by atoms with E-state index in [1.54, 1.807) is 12.1 Å². The molecule has 0 atom stereocenters. The Bertz CT molecular complexity index is 609. The zero-order valence-corrected chi connectivity index (χ0v) is 11.2. The number of anilines is 1. The van der Waals surface area contributed by atoms with E-state index in [9.17, 15) is 4.79 Å². The SMILES string of the molecule is C=Cc1ccccc1C(=O)Nc1cc(C)cc(C)c1. The van der Waals surface area contributed by atoms with Crippen LogP contribution < -0.4 is 5.32 Å². The highest BCUT2D eigenvalue weighted by Gasteiger charge is 2.09. The molecule has 0 spiro atoms. The lowest BCUT2D eigenvalue weighted by molar-refractivity contribution is 0.102. The minimum atomic E-state index is -0.111. The smallest absolute Gasteiger partial charge is 0.256 e. The summed E-state index contributed by atoms with van der Waals surface area (Å²) >= 11 is 0. The standard InChI is InChI=1S/C17H17NO/c1-4-14-7-5-6-8-16(14)17(19)18-15-10-12(2)9-13(3)11-15/h4-11H,1H2,2-3H3,(H,18,19). The maximum absolute atomic E-state index is 12.3. The molecule has 0 heterocycles. The topological polar surface area (TPSA) is 29.1 Å². The van der Waals surface area contributed by atoms with Gasteiger partial charge in [-0.15, -0.1) is 0 Å². The van der Waals surface area contributed by atoms with Crippen LogP contribution in [0, 0.1) is 13.8 Å². The van der Waals surface area contributed by atoms with E-state index in [0.29, 0.717) is 5.56 Å². The average Bonchev–Trinajstić information content (AvgIpc) is 2.37. The molecule has 0 aliphatic rings. The van der Waals surface area contributed by atoms with Crippen molar-refractivity contribution in [2.24, 2.45) is 0 Å². The van der Waals surface area contributed by atoms with Crippen LogP contribution in [0.15, 0.2) is 49.0 Å². The zero-order chi connectivity index (χ0) is 13.8. The summed E-state index contributed by atoms with van der Waals surface area (Å²) in [6, 6.07) is 13.4. The maximum atomic E-state index is 12.3. The molecule has 19 heavy (non-hydrogen) atoms. The van der Waals surface area contributed by atoms with Crippen molar-refractivity contribution in [2.75, 3.05) is 5.32 Å². The van der Waals surface area contributed by atoms with Crippen molar-refractivity contribution in [3.05, 3.63) is 71.3 Å². The number of benzene rings is 2. The predicted octanol–water partition coefficient (Wildman–Crippen LogP) is 4.20. The average molecular weight is 251 g/mol. The normalized spacial score (nSPS) is 10.0. The number of aryl methyl sites for hydroxylation is 2. The van der Waals surface area contributed by atoms with Crippen LogP contribution in [0.25, 0.3) is 6.08 Å². The van der Waals surface area contributed by atoms with E-state index in [4.69, 9.17) is 0 Å². The van der Waals surface area contributed by atoms with Gasteiger partial charge in [-0.05, 0) is 48.7 Å². The third-order valence-electron chi connectivity index (χ3n) is 2.90. The maximum Gasteiger partial charge on any atom is 0.256 e. The highest BCUT2D eigenvalue weighted by Crippen LogP contribution is 2.17. The fraction of sp³-hybridized carbons (Fsp3) is 0.118. The van der Waals surface area contributed by atoms with E-state index in [1.165, 1.54) is 0 Å². The van der Waals surface area contributed by atoms with Crippen molar-refractivity contribution in [3.8, 4) is 0 Å². The summed E-state index contributed by atoms with van der Waals surface area (Å²) in [6.45, 7) is 7.76. The first-order chi connectivity index (χ1) is 9.10. The molecule has 0 fully saturated rings. The summed E-state index contributed by atoms with van der Waals surface area (Å²) in [6.07, 6.45) is 1.69. The van der Waals surface area contributed by atoms with E-state index in [1.807, 2.05) is 44.2 Å². The third kappa shape index (κ3) is 3.10. The summed E-state index contributed by atoms with van der Waals surface area (Å²) in [5.41, 5.74) is 4.56. The minimum Gasteiger partial charge on any atom is -0.322 e. The lowest BCUT2D eigenvalue weighted by Gasteiger charge is -2.09. The second kappa shape index (κ2) is 5.53. The molecule has 0 radical (unpaired) electrons. The van der Waals surface area contributed by atoms with Crippen LogP contribution >= 0.6 is 0 Å². The van der Waals surface area contributed by atoms with Gasteiger partial charge >= 0.3 is 0 Å². The Labute approximate surface area is 113 Å². The number of carbonyl (C=O) groups excluding carboxylic acids is 1. The van der Waals surface area contributed by atoms with Crippen molar-refractivity contribution in [1.29, 1.82) is 0 Å². The number of hydrogen-bond donors (Lipinski definition) is 1. The molecule has 0 aromatic heterocycles. The van der Waals surface area contributed by atoms with E-state index >= 15 is 0 Å². The molecular weight excluding hydrogens is 234 g/mol. The number of rotatable bonds is 3. The molecule has 0 saturated heterocycles. The minimum absolute atomic E-state index is 0.111. The van der Waals surface area contributed by atoms with Gasteiger partial charge in [-0.3, -0.25) is 4.79 Å². The van der Waals surface area contributed by atoms with Gasteiger partial charge < -0.3 is 5.32 Å². The number of amides is 1. The summed E-state index contributed by atoms with van der Waals surface area (Å²) in [7, 11) is 0. The van der Waals surface area contributed by atoms with Crippen LogP contribution in [-0.2, 0) is 0 Å². The molecule has 0 unspecified atom stereocenters. The van der Waals surface area contributed by atoms with Crippen molar-refractivity contribution in [2.45, 2.75) is 13.8 Å². The Kier molecular flexibility index (Phi) is 3.81. The first kappa shape index (κ1) is 13.1. The molecule has 2 heteroatoms. The largest absolute Gasteiger partial charge is 0.322 e. The van der Waals surface area contributed by atoms with Crippen molar-refractivity contribution in [3.63, 3.8) is 0 Å². The second-order valence-electron chi connectivity index (χ2n) is 4.62.